The minimum Gasteiger partial charge on any atom is -0.337 e. The molecular weight excluding hydrogens is 250 g/mol. The van der Waals surface area contributed by atoms with Gasteiger partial charge in [0.15, 0.2) is 5.82 Å². The normalized spacial score (nSPS) is 29.2. The summed E-state index contributed by atoms with van der Waals surface area (Å²) in [5.41, 5.74) is -0.0487. The summed E-state index contributed by atoms with van der Waals surface area (Å²) in [6.07, 6.45) is 12.6. The molecular formula is C16H27N3O. The fourth-order valence-corrected chi connectivity index (χ4v) is 3.75. The van der Waals surface area contributed by atoms with Crippen molar-refractivity contribution in [3.05, 3.63) is 11.7 Å². The molecule has 1 saturated carbocycles. The van der Waals surface area contributed by atoms with Gasteiger partial charge in [0.2, 0.25) is 5.89 Å². The van der Waals surface area contributed by atoms with Gasteiger partial charge >= 0.3 is 0 Å². The Kier molecular flexibility index (Phi) is 4.39. The lowest BCUT2D eigenvalue weighted by atomic mass is 9.90. The zero-order chi connectivity index (χ0) is 13.8. The van der Waals surface area contributed by atoms with E-state index in [-0.39, 0.29) is 5.54 Å². The van der Waals surface area contributed by atoms with Crippen molar-refractivity contribution in [2.75, 3.05) is 6.54 Å². The summed E-state index contributed by atoms with van der Waals surface area (Å²) < 4.78 is 5.64. The molecule has 0 bridgehead atoms. The van der Waals surface area contributed by atoms with Crippen molar-refractivity contribution in [2.24, 2.45) is 0 Å². The maximum atomic E-state index is 5.64. The largest absolute Gasteiger partial charge is 0.337 e. The number of nitrogens with one attached hydrogen (secondary N) is 1. The van der Waals surface area contributed by atoms with E-state index in [9.17, 15) is 0 Å². The summed E-state index contributed by atoms with van der Waals surface area (Å²) in [5.74, 6) is 2.31. The highest BCUT2D eigenvalue weighted by Gasteiger charge is 2.39. The second-order valence-electron chi connectivity index (χ2n) is 6.47. The molecule has 1 saturated heterocycles. The first kappa shape index (κ1) is 14.1. The van der Waals surface area contributed by atoms with E-state index in [4.69, 9.17) is 9.51 Å². The minimum absolute atomic E-state index is 0.0487. The second kappa shape index (κ2) is 6.25. The van der Waals surface area contributed by atoms with E-state index < -0.39 is 0 Å². The Morgan fingerprint density at radius 1 is 1.15 bits per heavy atom. The second-order valence-corrected chi connectivity index (χ2v) is 6.47. The van der Waals surface area contributed by atoms with Gasteiger partial charge in [0, 0.05) is 5.92 Å². The van der Waals surface area contributed by atoms with Crippen LogP contribution in [0.2, 0.25) is 0 Å². The lowest BCUT2D eigenvalue weighted by Crippen LogP contribution is -2.36. The quantitative estimate of drug-likeness (QED) is 0.910. The van der Waals surface area contributed by atoms with E-state index in [0.29, 0.717) is 5.92 Å². The van der Waals surface area contributed by atoms with Crippen molar-refractivity contribution < 1.29 is 4.52 Å². The lowest BCUT2D eigenvalue weighted by molar-refractivity contribution is 0.248. The van der Waals surface area contributed by atoms with Crippen LogP contribution in [0.15, 0.2) is 4.52 Å². The van der Waals surface area contributed by atoms with Crippen LogP contribution in [-0.4, -0.2) is 16.7 Å². The van der Waals surface area contributed by atoms with Crippen molar-refractivity contribution in [2.45, 2.75) is 82.6 Å². The molecule has 3 rings (SSSR count). The van der Waals surface area contributed by atoms with Crippen molar-refractivity contribution in [3.63, 3.8) is 0 Å². The highest BCUT2D eigenvalue weighted by atomic mass is 16.5. The predicted octanol–water partition coefficient (Wildman–Crippen LogP) is 3.89. The molecule has 1 N–H and O–H groups in total. The van der Waals surface area contributed by atoms with Crippen LogP contribution < -0.4 is 5.32 Å². The number of rotatable bonds is 3. The molecule has 2 fully saturated rings. The van der Waals surface area contributed by atoms with Gasteiger partial charge in [-0.2, -0.15) is 4.98 Å². The van der Waals surface area contributed by atoms with Gasteiger partial charge in [-0.05, 0) is 38.6 Å². The third-order valence-corrected chi connectivity index (χ3v) is 5.17. The van der Waals surface area contributed by atoms with Gasteiger partial charge in [-0.25, -0.2) is 0 Å². The molecule has 1 unspecified atom stereocenters. The fourth-order valence-electron chi connectivity index (χ4n) is 3.75. The maximum absolute atomic E-state index is 5.64. The molecule has 112 valence electrons. The number of aromatic nitrogens is 2. The third-order valence-electron chi connectivity index (χ3n) is 5.17. The van der Waals surface area contributed by atoms with Crippen LogP contribution in [0.5, 0.6) is 0 Å². The summed E-state index contributed by atoms with van der Waals surface area (Å²) >= 11 is 0. The Bertz CT molecular complexity index is 415. The van der Waals surface area contributed by atoms with Gasteiger partial charge in [-0.3, -0.25) is 0 Å². The molecule has 4 heteroatoms. The van der Waals surface area contributed by atoms with Crippen LogP contribution in [0.1, 0.15) is 88.8 Å². The van der Waals surface area contributed by atoms with Crippen LogP contribution in [-0.2, 0) is 5.54 Å². The zero-order valence-electron chi connectivity index (χ0n) is 12.7. The average Bonchev–Trinajstić information content (AvgIpc) is 3.08. The van der Waals surface area contributed by atoms with Crippen LogP contribution in [0.25, 0.3) is 0 Å². The lowest BCUT2D eigenvalue weighted by Gasteiger charge is -2.23. The fraction of sp³-hybridized carbons (Fsp3) is 0.875. The van der Waals surface area contributed by atoms with Crippen LogP contribution in [0.3, 0.4) is 0 Å². The van der Waals surface area contributed by atoms with Gasteiger partial charge in [-0.1, -0.05) is 44.2 Å². The van der Waals surface area contributed by atoms with Gasteiger partial charge in [0.05, 0.1) is 5.54 Å². The highest BCUT2D eigenvalue weighted by molar-refractivity contribution is 5.08. The van der Waals surface area contributed by atoms with E-state index >= 15 is 0 Å². The molecule has 0 amide bonds. The van der Waals surface area contributed by atoms with Crippen molar-refractivity contribution in [3.8, 4) is 0 Å². The predicted molar refractivity (Wildman–Crippen MR) is 78.6 cm³/mol. The molecule has 0 radical (unpaired) electrons. The van der Waals surface area contributed by atoms with E-state index in [0.717, 1.165) is 31.1 Å². The smallest absolute Gasteiger partial charge is 0.246 e. The molecule has 1 aliphatic carbocycles. The Morgan fingerprint density at radius 2 is 1.90 bits per heavy atom. The molecule has 0 aromatic carbocycles. The first-order valence-corrected chi connectivity index (χ1v) is 8.43. The Hall–Kier alpha value is -0.900. The van der Waals surface area contributed by atoms with Gasteiger partial charge in [-0.15, -0.1) is 0 Å². The minimum atomic E-state index is -0.0487. The van der Waals surface area contributed by atoms with Crippen molar-refractivity contribution in [1.82, 2.24) is 15.5 Å². The number of nitrogens with zero attached hydrogens (tertiary/aromatic N) is 2. The Balaban J connectivity index is 1.75. The van der Waals surface area contributed by atoms with Crippen molar-refractivity contribution in [1.29, 1.82) is 0 Å². The molecule has 20 heavy (non-hydrogen) atoms. The Morgan fingerprint density at radius 3 is 2.55 bits per heavy atom. The highest BCUT2D eigenvalue weighted by Crippen LogP contribution is 2.35. The number of hydrogen-bond acceptors (Lipinski definition) is 4. The maximum Gasteiger partial charge on any atom is 0.246 e. The summed E-state index contributed by atoms with van der Waals surface area (Å²) in [4.78, 5) is 4.79. The summed E-state index contributed by atoms with van der Waals surface area (Å²) in [5, 5.41) is 7.90. The molecule has 4 nitrogen and oxygen atoms in total. The van der Waals surface area contributed by atoms with Crippen LogP contribution in [0.4, 0.5) is 0 Å². The molecule has 2 aliphatic rings. The summed E-state index contributed by atoms with van der Waals surface area (Å²) in [6.45, 7) is 3.27. The topological polar surface area (TPSA) is 51.0 Å². The standard InChI is InChI=1S/C16H27N3O/c1-2-16(11-8-12-17-16)15-18-14(19-20-15)13-9-6-4-3-5-7-10-13/h13,17H,2-12H2,1H3. The van der Waals surface area contributed by atoms with Crippen LogP contribution in [0, 0.1) is 0 Å². The first-order chi connectivity index (χ1) is 9.84. The summed E-state index contributed by atoms with van der Waals surface area (Å²) in [7, 11) is 0. The van der Waals surface area contributed by atoms with E-state index in [2.05, 4.69) is 17.4 Å². The molecule has 2 heterocycles. The van der Waals surface area contributed by atoms with E-state index in [1.807, 2.05) is 0 Å². The summed E-state index contributed by atoms with van der Waals surface area (Å²) in [6, 6.07) is 0. The van der Waals surface area contributed by atoms with Gasteiger partial charge in [0.1, 0.15) is 0 Å². The molecule has 1 atom stereocenters. The number of hydrogen-bond donors (Lipinski definition) is 1. The first-order valence-electron chi connectivity index (χ1n) is 8.43. The average molecular weight is 277 g/mol. The van der Waals surface area contributed by atoms with Gasteiger partial charge in [0.25, 0.3) is 0 Å². The monoisotopic (exact) mass is 277 g/mol. The molecule has 1 aromatic heterocycles. The Labute approximate surface area is 121 Å². The SMILES string of the molecule is CCC1(c2nc(C3CCCCCCC3)no2)CCCN1. The van der Waals surface area contributed by atoms with Crippen molar-refractivity contribution >= 4 is 0 Å². The van der Waals surface area contributed by atoms with E-state index in [1.54, 1.807) is 0 Å². The van der Waals surface area contributed by atoms with Crippen LogP contribution >= 0.6 is 0 Å². The molecule has 1 aromatic rings. The molecule has 0 spiro atoms. The third kappa shape index (κ3) is 2.76. The van der Waals surface area contributed by atoms with Gasteiger partial charge < -0.3 is 9.84 Å². The zero-order valence-corrected chi connectivity index (χ0v) is 12.7. The molecule has 1 aliphatic heterocycles. The van der Waals surface area contributed by atoms with E-state index in [1.165, 1.54) is 51.4 Å².